The molecule has 0 atom stereocenters. The van der Waals surface area contributed by atoms with Gasteiger partial charge in [0.15, 0.2) is 0 Å². The zero-order chi connectivity index (χ0) is 19.1. The molecule has 0 aromatic rings. The van der Waals surface area contributed by atoms with Gasteiger partial charge in [-0.2, -0.15) is 0 Å². The Hall–Kier alpha value is -0.790. The van der Waals surface area contributed by atoms with Gasteiger partial charge in [-0.15, -0.1) is 0 Å². The standard InChI is InChI=1S/C24H46O2/c1-2-3-4-5-6-7-8-9-10-11-12-13-14-15-16-17-18-19-20-21-22-23-24(25)26/h12-13H,2-11,14-23H2,1H3,(H,25,26). The van der Waals surface area contributed by atoms with Gasteiger partial charge in [-0.25, -0.2) is 0 Å². The molecule has 0 aromatic heterocycles. The maximum atomic E-state index is 10.4. The smallest absolute Gasteiger partial charge is 0.303 e. The van der Waals surface area contributed by atoms with E-state index in [0.717, 1.165) is 12.8 Å². The lowest BCUT2D eigenvalue weighted by Gasteiger charge is -2.01. The first-order chi connectivity index (χ1) is 12.8. The van der Waals surface area contributed by atoms with E-state index in [1.807, 2.05) is 0 Å². The van der Waals surface area contributed by atoms with Crippen molar-refractivity contribution >= 4 is 5.97 Å². The van der Waals surface area contributed by atoms with Crippen LogP contribution in [0.4, 0.5) is 0 Å². The van der Waals surface area contributed by atoms with E-state index in [-0.39, 0.29) is 0 Å². The first kappa shape index (κ1) is 25.2. The van der Waals surface area contributed by atoms with Crippen LogP contribution >= 0.6 is 0 Å². The molecule has 26 heavy (non-hydrogen) atoms. The van der Waals surface area contributed by atoms with Crippen LogP contribution in [-0.2, 0) is 4.79 Å². The Kier molecular flexibility index (Phi) is 21.6. The highest BCUT2D eigenvalue weighted by Gasteiger charge is 1.96. The first-order valence-electron chi connectivity index (χ1n) is 11.6. The van der Waals surface area contributed by atoms with Crippen molar-refractivity contribution in [2.45, 2.75) is 135 Å². The fraction of sp³-hybridized carbons (Fsp3) is 0.875. The number of hydrogen-bond donors (Lipinski definition) is 1. The van der Waals surface area contributed by atoms with Crippen LogP contribution in [0.15, 0.2) is 12.2 Å². The second-order valence-electron chi connectivity index (χ2n) is 7.85. The SMILES string of the molecule is CCCCCCCCCCCC=CCCCCCCCCCCC(=O)O. The average Bonchev–Trinajstić information content (AvgIpc) is 2.62. The number of hydrogen-bond acceptors (Lipinski definition) is 1. The van der Waals surface area contributed by atoms with Gasteiger partial charge in [-0.05, 0) is 32.1 Å². The summed E-state index contributed by atoms with van der Waals surface area (Å²) in [7, 11) is 0. The van der Waals surface area contributed by atoms with Crippen molar-refractivity contribution in [3.8, 4) is 0 Å². The minimum Gasteiger partial charge on any atom is -0.481 e. The Morgan fingerprint density at radius 1 is 0.577 bits per heavy atom. The van der Waals surface area contributed by atoms with Gasteiger partial charge in [-0.3, -0.25) is 4.79 Å². The molecule has 0 fully saturated rings. The molecular formula is C24H46O2. The molecule has 0 aliphatic carbocycles. The average molecular weight is 367 g/mol. The number of rotatable bonds is 21. The van der Waals surface area contributed by atoms with E-state index in [0.29, 0.717) is 6.42 Å². The minimum absolute atomic E-state index is 0.339. The Balaban J connectivity index is 3.07. The van der Waals surface area contributed by atoms with Crippen LogP contribution < -0.4 is 0 Å². The van der Waals surface area contributed by atoms with E-state index in [9.17, 15) is 4.79 Å². The van der Waals surface area contributed by atoms with Crippen LogP contribution in [0.1, 0.15) is 135 Å². The van der Waals surface area contributed by atoms with Gasteiger partial charge in [0.2, 0.25) is 0 Å². The highest BCUT2D eigenvalue weighted by molar-refractivity contribution is 5.66. The monoisotopic (exact) mass is 366 g/mol. The third-order valence-corrected chi connectivity index (χ3v) is 5.15. The van der Waals surface area contributed by atoms with E-state index in [2.05, 4.69) is 19.1 Å². The predicted molar refractivity (Wildman–Crippen MR) is 115 cm³/mol. The summed E-state index contributed by atoms with van der Waals surface area (Å²) in [6, 6.07) is 0. The molecule has 154 valence electrons. The van der Waals surface area contributed by atoms with Crippen molar-refractivity contribution in [3.05, 3.63) is 12.2 Å². The Bertz CT molecular complexity index is 309. The number of carbonyl (C=O) groups is 1. The van der Waals surface area contributed by atoms with E-state index in [1.54, 1.807) is 0 Å². The molecule has 0 rings (SSSR count). The number of carboxylic acid groups (broad SMARTS) is 1. The van der Waals surface area contributed by atoms with Crippen molar-refractivity contribution in [3.63, 3.8) is 0 Å². The quantitative estimate of drug-likeness (QED) is 0.163. The molecule has 0 saturated heterocycles. The van der Waals surface area contributed by atoms with Crippen LogP contribution in [0.2, 0.25) is 0 Å². The van der Waals surface area contributed by atoms with Crippen molar-refractivity contribution < 1.29 is 9.90 Å². The maximum absolute atomic E-state index is 10.4. The molecule has 0 bridgehead atoms. The molecule has 0 heterocycles. The van der Waals surface area contributed by atoms with Gasteiger partial charge in [0, 0.05) is 6.42 Å². The lowest BCUT2D eigenvalue weighted by Crippen LogP contribution is -1.93. The second kappa shape index (κ2) is 22.3. The zero-order valence-corrected chi connectivity index (χ0v) is 17.7. The Labute approximate surface area is 163 Å². The van der Waals surface area contributed by atoms with Gasteiger partial charge < -0.3 is 5.11 Å². The normalized spacial score (nSPS) is 11.4. The van der Waals surface area contributed by atoms with E-state index < -0.39 is 5.97 Å². The maximum Gasteiger partial charge on any atom is 0.303 e. The van der Waals surface area contributed by atoms with Crippen molar-refractivity contribution in [2.24, 2.45) is 0 Å². The Morgan fingerprint density at radius 2 is 0.923 bits per heavy atom. The molecule has 0 amide bonds. The summed E-state index contributed by atoms with van der Waals surface area (Å²) in [6.07, 6.45) is 30.1. The number of unbranched alkanes of at least 4 members (excludes halogenated alkanes) is 17. The molecule has 2 heteroatoms. The third kappa shape index (κ3) is 23.2. The van der Waals surface area contributed by atoms with Crippen LogP contribution in [0.25, 0.3) is 0 Å². The molecule has 2 nitrogen and oxygen atoms in total. The van der Waals surface area contributed by atoms with Gasteiger partial charge in [-0.1, -0.05) is 109 Å². The molecular weight excluding hydrogens is 320 g/mol. The second-order valence-corrected chi connectivity index (χ2v) is 7.85. The fourth-order valence-corrected chi connectivity index (χ4v) is 3.41. The number of carboxylic acids is 1. The molecule has 0 radical (unpaired) electrons. The topological polar surface area (TPSA) is 37.3 Å². The number of aliphatic carboxylic acids is 1. The van der Waals surface area contributed by atoms with Crippen molar-refractivity contribution in [2.75, 3.05) is 0 Å². The molecule has 1 N–H and O–H groups in total. The zero-order valence-electron chi connectivity index (χ0n) is 17.7. The first-order valence-corrected chi connectivity index (χ1v) is 11.6. The van der Waals surface area contributed by atoms with Gasteiger partial charge in [0.1, 0.15) is 0 Å². The highest BCUT2D eigenvalue weighted by atomic mass is 16.4. The lowest BCUT2D eigenvalue weighted by molar-refractivity contribution is -0.137. The van der Waals surface area contributed by atoms with Crippen LogP contribution in [0.5, 0.6) is 0 Å². The van der Waals surface area contributed by atoms with Crippen LogP contribution in [0, 0.1) is 0 Å². The summed E-state index contributed by atoms with van der Waals surface area (Å²) in [5.74, 6) is -0.657. The third-order valence-electron chi connectivity index (χ3n) is 5.15. The molecule has 0 unspecified atom stereocenters. The van der Waals surface area contributed by atoms with E-state index in [1.165, 1.54) is 109 Å². The summed E-state index contributed by atoms with van der Waals surface area (Å²) >= 11 is 0. The van der Waals surface area contributed by atoms with Gasteiger partial charge in [0.25, 0.3) is 0 Å². The summed E-state index contributed by atoms with van der Waals surface area (Å²) in [5, 5.41) is 8.57. The van der Waals surface area contributed by atoms with E-state index >= 15 is 0 Å². The predicted octanol–water partition coefficient (Wildman–Crippen LogP) is 8.45. The van der Waals surface area contributed by atoms with Crippen molar-refractivity contribution in [1.82, 2.24) is 0 Å². The summed E-state index contributed by atoms with van der Waals surface area (Å²) in [5.41, 5.74) is 0. The molecule has 0 aliphatic rings. The largest absolute Gasteiger partial charge is 0.481 e. The van der Waals surface area contributed by atoms with E-state index in [4.69, 9.17) is 5.11 Å². The molecule has 0 aliphatic heterocycles. The highest BCUT2D eigenvalue weighted by Crippen LogP contribution is 2.12. The summed E-state index contributed by atoms with van der Waals surface area (Å²) < 4.78 is 0. The molecule has 0 spiro atoms. The summed E-state index contributed by atoms with van der Waals surface area (Å²) in [4.78, 5) is 10.4. The fourth-order valence-electron chi connectivity index (χ4n) is 3.41. The minimum atomic E-state index is -0.657. The number of allylic oxidation sites excluding steroid dienone is 2. The van der Waals surface area contributed by atoms with Crippen LogP contribution in [0.3, 0.4) is 0 Å². The van der Waals surface area contributed by atoms with Gasteiger partial charge >= 0.3 is 5.97 Å². The van der Waals surface area contributed by atoms with Crippen LogP contribution in [-0.4, -0.2) is 11.1 Å². The van der Waals surface area contributed by atoms with Gasteiger partial charge in [0.05, 0.1) is 0 Å². The Morgan fingerprint density at radius 3 is 1.31 bits per heavy atom. The summed E-state index contributed by atoms with van der Waals surface area (Å²) in [6.45, 7) is 2.28. The van der Waals surface area contributed by atoms with Crippen molar-refractivity contribution in [1.29, 1.82) is 0 Å². The molecule has 0 saturated carbocycles. The lowest BCUT2D eigenvalue weighted by atomic mass is 10.1. The molecule has 0 aromatic carbocycles.